The number of hydrogen-bond donors (Lipinski definition) is 1. The third-order valence-corrected chi connectivity index (χ3v) is 3.14. The van der Waals surface area contributed by atoms with Crippen LogP contribution in [-0.4, -0.2) is 27.7 Å². The third kappa shape index (κ3) is 1.89. The Balaban J connectivity index is 2.27. The van der Waals surface area contributed by atoms with E-state index in [2.05, 4.69) is 4.98 Å². The summed E-state index contributed by atoms with van der Waals surface area (Å²) in [5, 5.41) is 9.12. The molecule has 0 spiro atoms. The molecular weight excluding hydrogens is 256 g/mol. The van der Waals surface area contributed by atoms with Gasteiger partial charge in [0.1, 0.15) is 12.1 Å². The summed E-state index contributed by atoms with van der Waals surface area (Å²) in [6.07, 6.45) is 1.66. The number of carboxylic acid groups (broad SMARTS) is 1. The van der Waals surface area contributed by atoms with Crippen molar-refractivity contribution in [3.8, 4) is 11.4 Å². The minimum Gasteiger partial charge on any atom is -0.495 e. The molecule has 1 N–H and O–H groups in total. The average molecular weight is 268 g/mol. The van der Waals surface area contributed by atoms with Crippen molar-refractivity contribution < 1.29 is 14.6 Å². The van der Waals surface area contributed by atoms with Gasteiger partial charge in [0, 0.05) is 0 Å². The lowest BCUT2D eigenvalue weighted by Gasteiger charge is -2.11. The van der Waals surface area contributed by atoms with Crippen molar-refractivity contribution in [2.45, 2.75) is 0 Å². The fourth-order valence-electron chi connectivity index (χ4n) is 2.16. The highest BCUT2D eigenvalue weighted by atomic mass is 16.5. The summed E-state index contributed by atoms with van der Waals surface area (Å²) in [5.74, 6) is -0.378. The molecule has 0 fully saturated rings. The van der Waals surface area contributed by atoms with Crippen molar-refractivity contribution in [1.29, 1.82) is 0 Å². The van der Waals surface area contributed by atoms with Gasteiger partial charge in [-0.3, -0.25) is 4.57 Å². The van der Waals surface area contributed by atoms with E-state index in [1.54, 1.807) is 25.6 Å². The number of ether oxygens (including phenoxy) is 1. The molecule has 0 aliphatic carbocycles. The molecule has 3 aromatic rings. The Bertz CT molecular complexity index is 793. The molecule has 1 heterocycles. The maximum atomic E-state index is 11.1. The van der Waals surface area contributed by atoms with Gasteiger partial charge in [0.15, 0.2) is 0 Å². The highest BCUT2D eigenvalue weighted by Gasteiger charge is 2.12. The number of rotatable bonds is 3. The minimum absolute atomic E-state index is 0.207. The number of nitrogens with zero attached hydrogens (tertiary/aromatic N) is 2. The Kier molecular flexibility index (Phi) is 2.87. The first kappa shape index (κ1) is 12.2. The monoisotopic (exact) mass is 268 g/mol. The SMILES string of the molecule is COc1ccc(C(=O)O)cc1-n1cnc2ccccc21. The summed E-state index contributed by atoms with van der Waals surface area (Å²) in [5.41, 5.74) is 2.60. The summed E-state index contributed by atoms with van der Waals surface area (Å²) < 4.78 is 7.13. The van der Waals surface area contributed by atoms with Crippen LogP contribution in [0.3, 0.4) is 0 Å². The second-order valence-electron chi connectivity index (χ2n) is 4.30. The normalized spacial score (nSPS) is 10.7. The number of imidazole rings is 1. The first-order chi connectivity index (χ1) is 9.70. The molecule has 2 aromatic carbocycles. The number of aromatic nitrogens is 2. The topological polar surface area (TPSA) is 64.3 Å². The van der Waals surface area contributed by atoms with Crippen LogP contribution in [0, 0.1) is 0 Å². The van der Waals surface area contributed by atoms with Crippen LogP contribution in [0.4, 0.5) is 0 Å². The van der Waals surface area contributed by atoms with Crippen LogP contribution in [0.1, 0.15) is 10.4 Å². The van der Waals surface area contributed by atoms with Gasteiger partial charge < -0.3 is 9.84 Å². The van der Waals surface area contributed by atoms with Crippen molar-refractivity contribution in [2.24, 2.45) is 0 Å². The number of methoxy groups -OCH3 is 1. The standard InChI is InChI=1S/C15H12N2O3/c1-20-14-7-6-10(15(18)19)8-13(14)17-9-16-11-4-2-3-5-12(11)17/h2-9H,1H3,(H,18,19). The smallest absolute Gasteiger partial charge is 0.335 e. The van der Waals surface area contributed by atoms with Gasteiger partial charge in [0.25, 0.3) is 0 Å². The van der Waals surface area contributed by atoms with Crippen LogP contribution in [0.2, 0.25) is 0 Å². The van der Waals surface area contributed by atoms with Gasteiger partial charge in [-0.2, -0.15) is 0 Å². The van der Waals surface area contributed by atoms with Crippen molar-refractivity contribution >= 4 is 17.0 Å². The van der Waals surface area contributed by atoms with Crippen molar-refractivity contribution in [1.82, 2.24) is 9.55 Å². The zero-order chi connectivity index (χ0) is 14.1. The van der Waals surface area contributed by atoms with E-state index in [-0.39, 0.29) is 5.56 Å². The zero-order valence-electron chi connectivity index (χ0n) is 10.8. The molecule has 100 valence electrons. The van der Waals surface area contributed by atoms with E-state index in [0.29, 0.717) is 11.4 Å². The molecule has 0 saturated carbocycles. The van der Waals surface area contributed by atoms with Gasteiger partial charge in [-0.15, -0.1) is 0 Å². The molecule has 5 nitrogen and oxygen atoms in total. The Hall–Kier alpha value is -2.82. The van der Waals surface area contributed by atoms with Gasteiger partial charge in [0.05, 0.1) is 29.4 Å². The molecule has 0 amide bonds. The summed E-state index contributed by atoms with van der Waals surface area (Å²) in [4.78, 5) is 15.4. The molecule has 5 heteroatoms. The highest BCUT2D eigenvalue weighted by Crippen LogP contribution is 2.27. The lowest BCUT2D eigenvalue weighted by Crippen LogP contribution is -2.02. The summed E-state index contributed by atoms with van der Waals surface area (Å²) in [6, 6.07) is 12.4. The number of fused-ring (bicyclic) bond motifs is 1. The van der Waals surface area contributed by atoms with E-state index < -0.39 is 5.97 Å². The average Bonchev–Trinajstić information content (AvgIpc) is 2.90. The van der Waals surface area contributed by atoms with E-state index in [9.17, 15) is 4.79 Å². The Morgan fingerprint density at radius 1 is 1.25 bits per heavy atom. The molecule has 0 radical (unpaired) electrons. The molecule has 0 bridgehead atoms. The Labute approximate surface area is 115 Å². The van der Waals surface area contributed by atoms with Gasteiger partial charge >= 0.3 is 5.97 Å². The van der Waals surface area contributed by atoms with Crippen LogP contribution in [0.15, 0.2) is 48.8 Å². The predicted molar refractivity (Wildman–Crippen MR) is 74.6 cm³/mol. The number of para-hydroxylation sites is 2. The predicted octanol–water partition coefficient (Wildman–Crippen LogP) is 2.73. The van der Waals surface area contributed by atoms with Crippen LogP contribution >= 0.6 is 0 Å². The first-order valence-electron chi connectivity index (χ1n) is 6.04. The molecule has 0 unspecified atom stereocenters. The maximum Gasteiger partial charge on any atom is 0.335 e. The van der Waals surface area contributed by atoms with Gasteiger partial charge in [-0.25, -0.2) is 9.78 Å². The van der Waals surface area contributed by atoms with E-state index in [4.69, 9.17) is 9.84 Å². The molecule has 0 atom stereocenters. The summed E-state index contributed by atoms with van der Waals surface area (Å²) in [6.45, 7) is 0. The van der Waals surface area contributed by atoms with Gasteiger partial charge in [0.2, 0.25) is 0 Å². The van der Waals surface area contributed by atoms with E-state index in [1.165, 1.54) is 6.07 Å². The first-order valence-corrected chi connectivity index (χ1v) is 6.04. The number of carboxylic acids is 1. The maximum absolute atomic E-state index is 11.1. The van der Waals surface area contributed by atoms with Crippen LogP contribution in [0.25, 0.3) is 16.7 Å². The number of aromatic carboxylic acids is 1. The van der Waals surface area contributed by atoms with Crippen LogP contribution in [-0.2, 0) is 0 Å². The zero-order valence-corrected chi connectivity index (χ0v) is 10.8. The Morgan fingerprint density at radius 3 is 2.80 bits per heavy atom. The quantitative estimate of drug-likeness (QED) is 0.793. The Morgan fingerprint density at radius 2 is 2.05 bits per heavy atom. The third-order valence-electron chi connectivity index (χ3n) is 3.14. The molecule has 20 heavy (non-hydrogen) atoms. The van der Waals surface area contributed by atoms with Gasteiger partial charge in [-0.1, -0.05) is 12.1 Å². The van der Waals surface area contributed by atoms with E-state index in [1.807, 2.05) is 28.8 Å². The number of hydrogen-bond acceptors (Lipinski definition) is 3. The van der Waals surface area contributed by atoms with E-state index >= 15 is 0 Å². The largest absolute Gasteiger partial charge is 0.495 e. The summed E-state index contributed by atoms with van der Waals surface area (Å²) in [7, 11) is 1.55. The fraction of sp³-hybridized carbons (Fsp3) is 0.0667. The molecular formula is C15H12N2O3. The molecule has 1 aromatic heterocycles. The lowest BCUT2D eigenvalue weighted by molar-refractivity contribution is 0.0697. The van der Waals surface area contributed by atoms with Crippen molar-refractivity contribution in [2.75, 3.05) is 7.11 Å². The second kappa shape index (κ2) is 4.70. The minimum atomic E-state index is -0.974. The molecule has 0 saturated heterocycles. The fourth-order valence-corrected chi connectivity index (χ4v) is 2.16. The molecule has 3 rings (SSSR count). The van der Waals surface area contributed by atoms with E-state index in [0.717, 1.165) is 11.0 Å². The highest BCUT2D eigenvalue weighted by molar-refractivity contribution is 5.89. The molecule has 0 aliphatic rings. The number of benzene rings is 2. The van der Waals surface area contributed by atoms with Gasteiger partial charge in [-0.05, 0) is 30.3 Å². The van der Waals surface area contributed by atoms with Crippen molar-refractivity contribution in [3.63, 3.8) is 0 Å². The van der Waals surface area contributed by atoms with Crippen LogP contribution < -0.4 is 4.74 Å². The number of carbonyl (C=O) groups is 1. The van der Waals surface area contributed by atoms with Crippen LogP contribution in [0.5, 0.6) is 5.75 Å². The van der Waals surface area contributed by atoms with Crippen molar-refractivity contribution in [3.05, 3.63) is 54.4 Å². The summed E-state index contributed by atoms with van der Waals surface area (Å²) >= 11 is 0. The second-order valence-corrected chi connectivity index (χ2v) is 4.30. The molecule has 0 aliphatic heterocycles. The lowest BCUT2D eigenvalue weighted by atomic mass is 10.2.